The monoisotopic (exact) mass is 254 g/mol. The topological polar surface area (TPSA) is 20.2 Å². The summed E-state index contributed by atoms with van der Waals surface area (Å²) in [5, 5.41) is 9.18. The van der Waals surface area contributed by atoms with Crippen LogP contribution in [0, 0.1) is 10.7 Å². The van der Waals surface area contributed by atoms with E-state index in [1.807, 2.05) is 12.1 Å². The average molecular weight is 254 g/mol. The maximum Gasteiger partial charge on any atom is 0.115 e. The van der Waals surface area contributed by atoms with Crippen molar-refractivity contribution in [1.29, 1.82) is 0 Å². The third kappa shape index (κ3) is 2.45. The van der Waals surface area contributed by atoms with Crippen LogP contribution in [0.5, 0.6) is 5.75 Å². The molecular formula is C11H10OS3. The van der Waals surface area contributed by atoms with Crippen LogP contribution in [0.1, 0.15) is 16.0 Å². The summed E-state index contributed by atoms with van der Waals surface area (Å²) in [6.45, 7) is 2.10. The van der Waals surface area contributed by atoms with Gasteiger partial charge in [0.25, 0.3) is 0 Å². The number of aromatic hydroxyl groups is 1. The van der Waals surface area contributed by atoms with Crippen molar-refractivity contribution in [2.24, 2.45) is 0 Å². The van der Waals surface area contributed by atoms with Gasteiger partial charge in [0.15, 0.2) is 0 Å². The van der Waals surface area contributed by atoms with Crippen LogP contribution in [0.25, 0.3) is 0 Å². The van der Waals surface area contributed by atoms with Crippen molar-refractivity contribution in [3.8, 4) is 5.75 Å². The van der Waals surface area contributed by atoms with Gasteiger partial charge in [-0.2, -0.15) is 0 Å². The SMILES string of the molecule is Cc1ssc(=S)c1Cc1ccc(O)cc1. The van der Waals surface area contributed by atoms with Crippen molar-refractivity contribution in [1.82, 2.24) is 0 Å². The lowest BCUT2D eigenvalue weighted by atomic mass is 10.1. The second kappa shape index (κ2) is 4.43. The lowest BCUT2D eigenvalue weighted by Gasteiger charge is -2.00. The van der Waals surface area contributed by atoms with Gasteiger partial charge in [-0.1, -0.05) is 45.0 Å². The van der Waals surface area contributed by atoms with Gasteiger partial charge in [0, 0.05) is 11.3 Å². The van der Waals surface area contributed by atoms with Crippen LogP contribution in [-0.2, 0) is 6.42 Å². The maximum atomic E-state index is 9.18. The molecule has 78 valence electrons. The molecule has 0 aliphatic carbocycles. The highest BCUT2D eigenvalue weighted by molar-refractivity contribution is 7.79. The predicted octanol–water partition coefficient (Wildman–Crippen LogP) is 4.14. The predicted molar refractivity (Wildman–Crippen MR) is 68.7 cm³/mol. The molecule has 0 amide bonds. The highest BCUT2D eigenvalue weighted by Gasteiger charge is 2.05. The summed E-state index contributed by atoms with van der Waals surface area (Å²) in [6.07, 6.45) is 0.866. The number of benzene rings is 1. The van der Waals surface area contributed by atoms with Crippen molar-refractivity contribution in [2.45, 2.75) is 13.3 Å². The lowest BCUT2D eigenvalue weighted by molar-refractivity contribution is 0.475. The quantitative estimate of drug-likeness (QED) is 0.642. The molecule has 0 aliphatic heterocycles. The Morgan fingerprint density at radius 2 is 1.87 bits per heavy atom. The van der Waals surface area contributed by atoms with Crippen molar-refractivity contribution >= 4 is 32.9 Å². The first-order valence-electron chi connectivity index (χ1n) is 4.53. The molecule has 1 nitrogen and oxygen atoms in total. The summed E-state index contributed by atoms with van der Waals surface area (Å²) in [6, 6.07) is 7.30. The maximum absolute atomic E-state index is 9.18. The van der Waals surface area contributed by atoms with Gasteiger partial charge in [0.05, 0.1) is 0 Å². The van der Waals surface area contributed by atoms with E-state index < -0.39 is 0 Å². The summed E-state index contributed by atoms with van der Waals surface area (Å²) >= 11 is 5.28. The van der Waals surface area contributed by atoms with Crippen molar-refractivity contribution in [3.05, 3.63) is 44.1 Å². The Morgan fingerprint density at radius 1 is 1.20 bits per heavy atom. The first kappa shape index (κ1) is 10.8. The van der Waals surface area contributed by atoms with E-state index in [1.54, 1.807) is 32.8 Å². The van der Waals surface area contributed by atoms with Crippen LogP contribution in [0.3, 0.4) is 0 Å². The van der Waals surface area contributed by atoms with E-state index in [4.69, 9.17) is 12.2 Å². The Morgan fingerprint density at radius 3 is 2.40 bits per heavy atom. The third-order valence-corrected chi connectivity index (χ3v) is 5.52. The summed E-state index contributed by atoms with van der Waals surface area (Å²) in [4.78, 5) is 1.30. The zero-order valence-electron chi connectivity index (χ0n) is 8.19. The van der Waals surface area contributed by atoms with Gasteiger partial charge < -0.3 is 5.11 Å². The molecule has 1 aromatic carbocycles. The van der Waals surface area contributed by atoms with Crippen molar-refractivity contribution < 1.29 is 5.11 Å². The summed E-state index contributed by atoms with van der Waals surface area (Å²) in [5.74, 6) is 0.308. The van der Waals surface area contributed by atoms with Crippen molar-refractivity contribution in [2.75, 3.05) is 0 Å². The molecule has 0 saturated heterocycles. The number of hydrogen-bond acceptors (Lipinski definition) is 4. The molecular weight excluding hydrogens is 244 g/mol. The first-order chi connectivity index (χ1) is 7.16. The number of aryl methyl sites for hydroxylation is 1. The molecule has 0 saturated carbocycles. The van der Waals surface area contributed by atoms with Gasteiger partial charge in [-0.05, 0) is 30.2 Å². The zero-order valence-corrected chi connectivity index (χ0v) is 10.6. The minimum Gasteiger partial charge on any atom is -0.508 e. The van der Waals surface area contributed by atoms with Crippen LogP contribution in [-0.4, -0.2) is 5.11 Å². The number of phenols is 1. The second-order valence-corrected chi connectivity index (χ2v) is 6.35. The van der Waals surface area contributed by atoms with Gasteiger partial charge in [-0.3, -0.25) is 0 Å². The highest BCUT2D eigenvalue weighted by atomic mass is 32.9. The van der Waals surface area contributed by atoms with E-state index in [-0.39, 0.29) is 0 Å². The Bertz CT molecular complexity index is 507. The average Bonchev–Trinajstić information content (AvgIpc) is 2.53. The fourth-order valence-corrected chi connectivity index (χ4v) is 4.03. The summed E-state index contributed by atoms with van der Waals surface area (Å²) in [5.41, 5.74) is 2.44. The number of rotatable bonds is 2. The molecule has 4 heteroatoms. The second-order valence-electron chi connectivity index (χ2n) is 3.33. The van der Waals surface area contributed by atoms with Gasteiger partial charge in [-0.25, -0.2) is 0 Å². The standard InChI is InChI=1S/C11H10OS3/c1-7-10(11(13)15-14-7)6-8-2-4-9(12)5-3-8/h2-5,12H,6H2,1H3. The van der Waals surface area contributed by atoms with Crippen molar-refractivity contribution in [3.63, 3.8) is 0 Å². The molecule has 2 aromatic rings. The van der Waals surface area contributed by atoms with Gasteiger partial charge in [0.1, 0.15) is 9.57 Å². The largest absolute Gasteiger partial charge is 0.508 e. The minimum absolute atomic E-state index is 0.308. The van der Waals surface area contributed by atoms with Gasteiger partial charge in [-0.15, -0.1) is 0 Å². The van der Waals surface area contributed by atoms with Gasteiger partial charge in [0.2, 0.25) is 0 Å². The molecule has 0 atom stereocenters. The van der Waals surface area contributed by atoms with Crippen LogP contribution in [0.2, 0.25) is 0 Å². The molecule has 0 unspecified atom stereocenters. The minimum atomic E-state index is 0.308. The first-order valence-corrected chi connectivity index (χ1v) is 7.09. The highest BCUT2D eigenvalue weighted by Crippen LogP contribution is 2.26. The van der Waals surface area contributed by atoms with E-state index in [9.17, 15) is 5.11 Å². The van der Waals surface area contributed by atoms with Crippen LogP contribution in [0.15, 0.2) is 24.3 Å². The van der Waals surface area contributed by atoms with E-state index >= 15 is 0 Å². The van der Waals surface area contributed by atoms with E-state index in [0.717, 1.165) is 10.2 Å². The molecule has 0 bridgehead atoms. The fourth-order valence-electron chi connectivity index (χ4n) is 1.36. The smallest absolute Gasteiger partial charge is 0.115 e. The van der Waals surface area contributed by atoms with Crippen LogP contribution in [0.4, 0.5) is 0 Å². The molecule has 2 rings (SSSR count). The summed E-state index contributed by atoms with van der Waals surface area (Å²) in [7, 11) is 3.40. The number of hydrogen-bond donors (Lipinski definition) is 1. The molecule has 15 heavy (non-hydrogen) atoms. The normalized spacial score (nSPS) is 10.5. The van der Waals surface area contributed by atoms with E-state index in [0.29, 0.717) is 5.75 Å². The van der Waals surface area contributed by atoms with E-state index in [2.05, 4.69) is 6.92 Å². The van der Waals surface area contributed by atoms with Gasteiger partial charge >= 0.3 is 0 Å². The Balaban J connectivity index is 2.29. The summed E-state index contributed by atoms with van der Waals surface area (Å²) < 4.78 is 0.991. The third-order valence-electron chi connectivity index (χ3n) is 2.23. The Labute approximate surface area is 101 Å². The number of phenolic OH excluding ortho intramolecular Hbond substituents is 1. The zero-order chi connectivity index (χ0) is 10.8. The van der Waals surface area contributed by atoms with E-state index in [1.165, 1.54) is 16.0 Å². The van der Waals surface area contributed by atoms with Crippen LogP contribution >= 0.6 is 32.9 Å². The molecule has 1 aromatic heterocycles. The molecule has 0 fully saturated rings. The lowest BCUT2D eigenvalue weighted by Crippen LogP contribution is -1.87. The Hall–Kier alpha value is -0.710. The molecule has 1 N–H and O–H groups in total. The molecule has 0 spiro atoms. The Kier molecular flexibility index (Phi) is 3.19. The fraction of sp³-hybridized carbons (Fsp3) is 0.182. The molecule has 1 heterocycles. The van der Waals surface area contributed by atoms with Crippen LogP contribution < -0.4 is 0 Å². The molecule has 0 radical (unpaired) electrons. The molecule has 0 aliphatic rings.